The summed E-state index contributed by atoms with van der Waals surface area (Å²) in [6.07, 6.45) is 5.05. The number of imidazole rings is 1. The molecule has 106 valence electrons. The van der Waals surface area contributed by atoms with Crippen LogP contribution in [0.5, 0.6) is 0 Å². The predicted octanol–water partition coefficient (Wildman–Crippen LogP) is 2.73. The van der Waals surface area contributed by atoms with Gasteiger partial charge in [-0.15, -0.1) is 11.3 Å². The largest absolute Gasteiger partial charge is 0.374 e. The van der Waals surface area contributed by atoms with Crippen molar-refractivity contribution in [1.82, 2.24) is 14.7 Å². The van der Waals surface area contributed by atoms with Gasteiger partial charge in [0.2, 0.25) is 0 Å². The SMILES string of the molecule is CCNC(COC(C)(C)C)Cc1cn2ccsc2n1. The molecule has 0 bridgehead atoms. The molecule has 19 heavy (non-hydrogen) atoms. The summed E-state index contributed by atoms with van der Waals surface area (Å²) in [4.78, 5) is 5.68. The van der Waals surface area contributed by atoms with E-state index in [9.17, 15) is 0 Å². The number of likely N-dealkylation sites (N-methyl/N-ethyl adjacent to an activating group) is 1. The molecule has 0 spiro atoms. The quantitative estimate of drug-likeness (QED) is 0.885. The fraction of sp³-hybridized carbons (Fsp3) is 0.643. The van der Waals surface area contributed by atoms with E-state index < -0.39 is 0 Å². The van der Waals surface area contributed by atoms with Gasteiger partial charge in [0.15, 0.2) is 4.96 Å². The molecule has 0 radical (unpaired) electrons. The van der Waals surface area contributed by atoms with Crippen molar-refractivity contribution in [2.24, 2.45) is 0 Å². The third-order valence-electron chi connectivity index (χ3n) is 2.81. The van der Waals surface area contributed by atoms with Gasteiger partial charge in [0, 0.05) is 30.2 Å². The number of hydrogen-bond acceptors (Lipinski definition) is 4. The summed E-state index contributed by atoms with van der Waals surface area (Å²) >= 11 is 1.67. The molecule has 0 aliphatic rings. The van der Waals surface area contributed by atoms with Gasteiger partial charge in [-0.25, -0.2) is 4.98 Å². The van der Waals surface area contributed by atoms with E-state index in [0.29, 0.717) is 12.6 Å². The van der Waals surface area contributed by atoms with E-state index in [2.05, 4.69) is 54.0 Å². The van der Waals surface area contributed by atoms with Gasteiger partial charge in [-0.2, -0.15) is 0 Å². The highest BCUT2D eigenvalue weighted by atomic mass is 32.1. The minimum absolute atomic E-state index is 0.0950. The lowest BCUT2D eigenvalue weighted by Crippen LogP contribution is -2.38. The van der Waals surface area contributed by atoms with Crippen LogP contribution in [0.1, 0.15) is 33.4 Å². The van der Waals surface area contributed by atoms with Crippen LogP contribution in [-0.2, 0) is 11.2 Å². The number of fused-ring (bicyclic) bond motifs is 1. The number of nitrogens with zero attached hydrogens (tertiary/aromatic N) is 2. The zero-order valence-electron chi connectivity index (χ0n) is 12.1. The Morgan fingerprint density at radius 3 is 2.89 bits per heavy atom. The van der Waals surface area contributed by atoms with E-state index in [1.54, 1.807) is 11.3 Å². The molecule has 0 aliphatic carbocycles. The Morgan fingerprint density at radius 1 is 1.47 bits per heavy atom. The number of aromatic nitrogens is 2. The van der Waals surface area contributed by atoms with Crippen LogP contribution in [0.3, 0.4) is 0 Å². The lowest BCUT2D eigenvalue weighted by atomic mass is 10.1. The first-order valence-corrected chi connectivity index (χ1v) is 7.64. The molecule has 0 saturated carbocycles. The molecule has 0 fully saturated rings. The number of nitrogens with one attached hydrogen (secondary N) is 1. The van der Waals surface area contributed by atoms with Gasteiger partial charge < -0.3 is 10.1 Å². The van der Waals surface area contributed by atoms with E-state index in [-0.39, 0.29) is 5.60 Å². The molecule has 1 N–H and O–H groups in total. The number of thiazole rings is 1. The second kappa shape index (κ2) is 6.03. The molecular formula is C14H23N3OS. The minimum Gasteiger partial charge on any atom is -0.374 e. The van der Waals surface area contributed by atoms with Crippen LogP contribution in [-0.4, -0.2) is 34.2 Å². The van der Waals surface area contributed by atoms with Crippen molar-refractivity contribution in [3.63, 3.8) is 0 Å². The molecule has 5 heteroatoms. The number of hydrogen-bond donors (Lipinski definition) is 1. The summed E-state index contributed by atoms with van der Waals surface area (Å²) in [5, 5.41) is 5.52. The van der Waals surface area contributed by atoms with Gasteiger partial charge in [-0.3, -0.25) is 4.40 Å². The second-order valence-electron chi connectivity index (χ2n) is 5.71. The van der Waals surface area contributed by atoms with Crippen LogP contribution >= 0.6 is 11.3 Å². The summed E-state index contributed by atoms with van der Waals surface area (Å²) in [7, 11) is 0. The summed E-state index contributed by atoms with van der Waals surface area (Å²) in [6.45, 7) is 10.0. The Bertz CT molecular complexity index is 483. The van der Waals surface area contributed by atoms with Gasteiger partial charge >= 0.3 is 0 Å². The smallest absolute Gasteiger partial charge is 0.193 e. The zero-order chi connectivity index (χ0) is 13.9. The topological polar surface area (TPSA) is 38.6 Å². The van der Waals surface area contributed by atoms with Crippen LogP contribution < -0.4 is 5.32 Å². The number of rotatable bonds is 6. The molecule has 2 aromatic heterocycles. The van der Waals surface area contributed by atoms with Crippen molar-refractivity contribution < 1.29 is 4.74 Å². The lowest BCUT2D eigenvalue weighted by Gasteiger charge is -2.24. The first kappa shape index (κ1) is 14.5. The Kier molecular flexibility index (Phi) is 4.60. The van der Waals surface area contributed by atoms with Crippen molar-refractivity contribution in [1.29, 1.82) is 0 Å². The Labute approximate surface area is 118 Å². The molecule has 0 saturated heterocycles. The van der Waals surface area contributed by atoms with E-state index >= 15 is 0 Å². The molecule has 2 rings (SSSR count). The van der Waals surface area contributed by atoms with Crippen LogP contribution in [0.15, 0.2) is 17.8 Å². The third kappa shape index (κ3) is 4.30. The van der Waals surface area contributed by atoms with Gasteiger partial charge in [-0.1, -0.05) is 6.92 Å². The highest BCUT2D eigenvalue weighted by molar-refractivity contribution is 7.15. The van der Waals surface area contributed by atoms with E-state index in [4.69, 9.17) is 4.74 Å². The number of ether oxygens (including phenoxy) is 1. The van der Waals surface area contributed by atoms with Gasteiger partial charge in [0.1, 0.15) is 0 Å². The molecule has 1 unspecified atom stereocenters. The van der Waals surface area contributed by atoms with Crippen LogP contribution in [0.25, 0.3) is 4.96 Å². The maximum Gasteiger partial charge on any atom is 0.193 e. The maximum absolute atomic E-state index is 5.88. The minimum atomic E-state index is -0.0950. The monoisotopic (exact) mass is 281 g/mol. The molecular weight excluding hydrogens is 258 g/mol. The standard InChI is InChI=1S/C14H23N3OS/c1-5-15-12(10-18-14(2,3)4)8-11-9-17-6-7-19-13(17)16-11/h6-7,9,12,15H,5,8,10H2,1-4H3. The van der Waals surface area contributed by atoms with Gasteiger partial charge in [0.25, 0.3) is 0 Å². The lowest BCUT2D eigenvalue weighted by molar-refractivity contribution is -0.0142. The van der Waals surface area contributed by atoms with Crippen molar-refractivity contribution >= 4 is 16.3 Å². The molecule has 2 aromatic rings. The zero-order valence-corrected chi connectivity index (χ0v) is 13.0. The summed E-state index contributed by atoms with van der Waals surface area (Å²) in [5.41, 5.74) is 1.03. The van der Waals surface area contributed by atoms with Crippen LogP contribution in [0.2, 0.25) is 0 Å². The van der Waals surface area contributed by atoms with Crippen LogP contribution in [0, 0.1) is 0 Å². The molecule has 0 aliphatic heterocycles. The predicted molar refractivity (Wildman–Crippen MR) is 79.9 cm³/mol. The average Bonchev–Trinajstić information content (AvgIpc) is 2.85. The molecule has 1 atom stereocenters. The molecule has 0 aromatic carbocycles. The summed E-state index contributed by atoms with van der Waals surface area (Å²) < 4.78 is 7.95. The van der Waals surface area contributed by atoms with E-state index in [0.717, 1.165) is 23.6 Å². The van der Waals surface area contributed by atoms with E-state index in [1.807, 2.05) is 6.20 Å². The third-order valence-corrected chi connectivity index (χ3v) is 3.58. The second-order valence-corrected chi connectivity index (χ2v) is 6.58. The fourth-order valence-corrected chi connectivity index (χ4v) is 2.68. The molecule has 4 nitrogen and oxygen atoms in total. The highest BCUT2D eigenvalue weighted by Crippen LogP contribution is 2.14. The summed E-state index contributed by atoms with van der Waals surface area (Å²) in [5.74, 6) is 0. The molecule has 0 amide bonds. The van der Waals surface area contributed by atoms with Crippen molar-refractivity contribution in [2.75, 3.05) is 13.2 Å². The summed E-state index contributed by atoms with van der Waals surface area (Å²) in [6, 6.07) is 0.314. The van der Waals surface area contributed by atoms with Gasteiger partial charge in [-0.05, 0) is 27.3 Å². The first-order valence-electron chi connectivity index (χ1n) is 6.76. The first-order chi connectivity index (χ1) is 8.98. The Balaban J connectivity index is 1.97. The Morgan fingerprint density at radius 2 is 2.26 bits per heavy atom. The Hall–Kier alpha value is -0.910. The maximum atomic E-state index is 5.88. The average molecular weight is 281 g/mol. The van der Waals surface area contributed by atoms with Crippen molar-refractivity contribution in [3.05, 3.63) is 23.5 Å². The van der Waals surface area contributed by atoms with Gasteiger partial charge in [0.05, 0.1) is 17.9 Å². The van der Waals surface area contributed by atoms with Crippen molar-refractivity contribution in [3.8, 4) is 0 Å². The normalized spacial score (nSPS) is 14.1. The molecule has 2 heterocycles. The van der Waals surface area contributed by atoms with E-state index in [1.165, 1.54) is 0 Å². The fourth-order valence-electron chi connectivity index (χ4n) is 1.96. The highest BCUT2D eigenvalue weighted by Gasteiger charge is 2.16. The van der Waals surface area contributed by atoms with Crippen molar-refractivity contribution in [2.45, 2.75) is 45.8 Å². The van der Waals surface area contributed by atoms with Crippen LogP contribution in [0.4, 0.5) is 0 Å².